The smallest absolute Gasteiger partial charge is 0.351 e. The summed E-state index contributed by atoms with van der Waals surface area (Å²) in [5.74, 6) is 2.18. The summed E-state index contributed by atoms with van der Waals surface area (Å²) in [6.45, 7) is 2.95. The molecule has 2 aromatic rings. The van der Waals surface area contributed by atoms with Crippen molar-refractivity contribution in [1.29, 1.82) is 0 Å². The number of aliphatic hydroxyl groups is 1. The molecule has 0 unspecified atom stereocenters. The minimum atomic E-state index is -0.461. The number of anilines is 2. The minimum absolute atomic E-state index is 0.00126. The molecule has 0 radical (unpaired) electrons. The van der Waals surface area contributed by atoms with Crippen molar-refractivity contribution >= 4 is 11.5 Å². The van der Waals surface area contributed by atoms with E-state index in [-0.39, 0.29) is 19.9 Å². The highest BCUT2D eigenvalue weighted by molar-refractivity contribution is 5.73. The van der Waals surface area contributed by atoms with Crippen molar-refractivity contribution in [3.05, 3.63) is 34.9 Å². The van der Waals surface area contributed by atoms with Crippen LogP contribution < -0.4 is 20.5 Å². The summed E-state index contributed by atoms with van der Waals surface area (Å²) in [7, 11) is 0. The number of hydrogen-bond acceptors (Lipinski definition) is 7. The lowest BCUT2D eigenvalue weighted by atomic mass is 10.1. The first-order valence-corrected chi connectivity index (χ1v) is 10.7. The fraction of sp³-hybridized carbons (Fsp3) is 0.545. The molecule has 1 aromatic carbocycles. The van der Waals surface area contributed by atoms with Gasteiger partial charge in [0.2, 0.25) is 0 Å². The van der Waals surface area contributed by atoms with Gasteiger partial charge in [-0.15, -0.1) is 0 Å². The molecule has 0 aliphatic carbocycles. The van der Waals surface area contributed by atoms with Crippen molar-refractivity contribution in [3.8, 4) is 17.2 Å². The van der Waals surface area contributed by atoms with Crippen molar-refractivity contribution in [2.24, 2.45) is 0 Å². The Bertz CT molecular complexity index is 868. The fourth-order valence-electron chi connectivity index (χ4n) is 3.24. The van der Waals surface area contributed by atoms with Crippen LogP contribution in [-0.2, 0) is 11.5 Å². The number of benzene rings is 1. The molecule has 3 rings (SSSR count). The van der Waals surface area contributed by atoms with Gasteiger partial charge in [0.05, 0.1) is 31.7 Å². The quantitative estimate of drug-likeness (QED) is 0.403. The maximum atomic E-state index is 12.1. The Morgan fingerprint density at radius 1 is 1.10 bits per heavy atom. The average molecular weight is 418 g/mol. The second-order valence-electron chi connectivity index (χ2n) is 7.32. The summed E-state index contributed by atoms with van der Waals surface area (Å²) >= 11 is 0. The summed E-state index contributed by atoms with van der Waals surface area (Å²) in [5.41, 5.74) is 0.248. The van der Waals surface area contributed by atoms with Gasteiger partial charge < -0.3 is 24.6 Å². The second kappa shape index (κ2) is 11.6. The highest BCUT2D eigenvalue weighted by Crippen LogP contribution is 2.41. The minimum Gasteiger partial charge on any atom is -0.494 e. The van der Waals surface area contributed by atoms with E-state index in [9.17, 15) is 4.79 Å². The monoisotopic (exact) mass is 417 g/mol. The van der Waals surface area contributed by atoms with Gasteiger partial charge in [0, 0.05) is 6.07 Å². The standard InChI is InChI=1S/C22H31N3O5/c1-2-3-4-5-6-7-8-12-29-17-9-10-19-18(14-17)23-21-20(30-19)15-25(22(27)24-21)16-28-13-11-26/h9-10,14-15,26H,2-8,11-13,16H2,1H3,(H,23,24,27). The zero-order valence-electron chi connectivity index (χ0n) is 17.6. The zero-order chi connectivity index (χ0) is 21.2. The van der Waals surface area contributed by atoms with Gasteiger partial charge in [0.15, 0.2) is 17.3 Å². The molecule has 1 aliphatic heterocycles. The Hall–Kier alpha value is -2.58. The molecule has 0 saturated heterocycles. The third-order valence-electron chi connectivity index (χ3n) is 4.87. The summed E-state index contributed by atoms with van der Waals surface area (Å²) in [6.07, 6.45) is 10.2. The Morgan fingerprint density at radius 2 is 1.90 bits per heavy atom. The lowest BCUT2D eigenvalue weighted by Gasteiger charge is -2.22. The van der Waals surface area contributed by atoms with Crippen molar-refractivity contribution < 1.29 is 19.3 Å². The van der Waals surface area contributed by atoms with Crippen LogP contribution >= 0.6 is 0 Å². The normalized spacial score (nSPS) is 11.9. The van der Waals surface area contributed by atoms with Gasteiger partial charge >= 0.3 is 5.69 Å². The molecule has 2 N–H and O–H groups in total. The van der Waals surface area contributed by atoms with Crippen LogP contribution in [0.1, 0.15) is 51.9 Å². The van der Waals surface area contributed by atoms with Crippen LogP contribution in [0.4, 0.5) is 11.5 Å². The first kappa shape index (κ1) is 22.1. The van der Waals surface area contributed by atoms with Gasteiger partial charge in [-0.1, -0.05) is 45.4 Å². The van der Waals surface area contributed by atoms with E-state index in [0.717, 1.165) is 12.2 Å². The van der Waals surface area contributed by atoms with E-state index in [0.29, 0.717) is 29.6 Å². The van der Waals surface area contributed by atoms with Gasteiger partial charge in [-0.25, -0.2) is 4.79 Å². The predicted molar refractivity (Wildman–Crippen MR) is 115 cm³/mol. The van der Waals surface area contributed by atoms with Crippen LogP contribution in [-0.4, -0.2) is 34.5 Å². The number of unbranched alkanes of at least 4 members (excludes halogenated alkanes) is 6. The van der Waals surface area contributed by atoms with Crippen molar-refractivity contribution in [2.45, 2.75) is 58.6 Å². The zero-order valence-corrected chi connectivity index (χ0v) is 17.6. The third kappa shape index (κ3) is 6.21. The molecule has 0 atom stereocenters. The molecule has 0 fully saturated rings. The van der Waals surface area contributed by atoms with E-state index in [4.69, 9.17) is 19.3 Å². The molecule has 0 amide bonds. The molecule has 0 spiro atoms. The highest BCUT2D eigenvalue weighted by Gasteiger charge is 2.20. The second-order valence-corrected chi connectivity index (χ2v) is 7.32. The molecular formula is C22H31N3O5. The molecule has 8 heteroatoms. The van der Waals surface area contributed by atoms with E-state index < -0.39 is 5.69 Å². The molecule has 8 nitrogen and oxygen atoms in total. The van der Waals surface area contributed by atoms with E-state index in [1.54, 1.807) is 6.20 Å². The van der Waals surface area contributed by atoms with Crippen LogP contribution in [0.15, 0.2) is 29.2 Å². The predicted octanol–water partition coefficient (Wildman–Crippen LogP) is 4.19. The number of ether oxygens (including phenoxy) is 3. The average Bonchev–Trinajstić information content (AvgIpc) is 2.75. The first-order valence-electron chi connectivity index (χ1n) is 10.7. The topological polar surface area (TPSA) is 94.8 Å². The molecule has 0 bridgehead atoms. The van der Waals surface area contributed by atoms with Crippen molar-refractivity contribution in [2.75, 3.05) is 25.1 Å². The van der Waals surface area contributed by atoms with Crippen LogP contribution in [0.2, 0.25) is 0 Å². The number of nitrogens with zero attached hydrogens (tertiary/aromatic N) is 2. The van der Waals surface area contributed by atoms with Crippen molar-refractivity contribution in [3.63, 3.8) is 0 Å². The number of aromatic nitrogens is 2. The summed E-state index contributed by atoms with van der Waals surface area (Å²) < 4.78 is 18.2. The van der Waals surface area contributed by atoms with Crippen molar-refractivity contribution in [1.82, 2.24) is 9.55 Å². The van der Waals surface area contributed by atoms with Crippen LogP contribution in [0.3, 0.4) is 0 Å². The Labute approximate surface area is 176 Å². The Kier molecular flexibility index (Phi) is 8.53. The lowest BCUT2D eigenvalue weighted by Crippen LogP contribution is -2.26. The maximum absolute atomic E-state index is 12.1. The van der Waals surface area contributed by atoms with Gasteiger partial charge in [0.1, 0.15) is 12.5 Å². The number of rotatable bonds is 13. The molecule has 0 saturated carbocycles. The number of aliphatic hydroxyl groups excluding tert-OH is 1. The lowest BCUT2D eigenvalue weighted by molar-refractivity contribution is 0.0455. The van der Waals surface area contributed by atoms with E-state index in [1.165, 1.54) is 43.1 Å². The van der Waals surface area contributed by atoms with Gasteiger partial charge in [0.25, 0.3) is 0 Å². The van der Waals surface area contributed by atoms with Crippen LogP contribution in [0.25, 0.3) is 0 Å². The molecule has 1 aliphatic rings. The summed E-state index contributed by atoms with van der Waals surface area (Å²) in [6, 6.07) is 5.57. The van der Waals surface area contributed by atoms with Crippen LogP contribution in [0.5, 0.6) is 17.2 Å². The number of nitrogens with one attached hydrogen (secondary N) is 1. The SMILES string of the molecule is CCCCCCCCCOc1ccc2c(c1)Nc1nc(=O)n(COCCO)cc1O2. The molecule has 1 aromatic heterocycles. The van der Waals surface area contributed by atoms with Gasteiger partial charge in [-0.05, 0) is 18.6 Å². The summed E-state index contributed by atoms with van der Waals surface area (Å²) in [4.78, 5) is 16.2. The largest absolute Gasteiger partial charge is 0.494 e. The molecular weight excluding hydrogens is 386 g/mol. The Balaban J connectivity index is 1.52. The van der Waals surface area contributed by atoms with Crippen LogP contribution in [0, 0.1) is 0 Å². The molecule has 2 heterocycles. The Morgan fingerprint density at radius 3 is 2.70 bits per heavy atom. The van der Waals surface area contributed by atoms with Gasteiger partial charge in [-0.3, -0.25) is 4.57 Å². The number of fused-ring (bicyclic) bond motifs is 2. The maximum Gasteiger partial charge on any atom is 0.351 e. The molecule has 30 heavy (non-hydrogen) atoms. The number of hydrogen-bond donors (Lipinski definition) is 2. The summed E-state index contributed by atoms with van der Waals surface area (Å²) in [5, 5.41) is 11.9. The van der Waals surface area contributed by atoms with Gasteiger partial charge in [-0.2, -0.15) is 4.98 Å². The first-order chi connectivity index (χ1) is 14.7. The van der Waals surface area contributed by atoms with E-state index >= 15 is 0 Å². The fourth-order valence-corrected chi connectivity index (χ4v) is 3.24. The highest BCUT2D eigenvalue weighted by atomic mass is 16.5. The third-order valence-corrected chi connectivity index (χ3v) is 4.87. The van der Waals surface area contributed by atoms with E-state index in [1.807, 2.05) is 18.2 Å². The molecule has 164 valence electrons. The van der Waals surface area contributed by atoms with E-state index in [2.05, 4.69) is 17.2 Å².